The van der Waals surface area contributed by atoms with Crippen LogP contribution in [0.25, 0.3) is 0 Å². The standard InChI is InChI=1S/C12H15N3O2S/c1-10(12-13-7-8-14-12)15-18(16,17)9-11-5-3-2-4-6-11/h2-8,10,15H,9H2,1H3,(H,13,14). The third-order valence-electron chi connectivity index (χ3n) is 2.49. The van der Waals surface area contributed by atoms with Crippen LogP contribution in [0, 0.1) is 0 Å². The lowest BCUT2D eigenvalue weighted by Crippen LogP contribution is -2.28. The van der Waals surface area contributed by atoms with Crippen LogP contribution in [0.2, 0.25) is 0 Å². The molecule has 0 aliphatic carbocycles. The summed E-state index contributed by atoms with van der Waals surface area (Å²) < 4.78 is 26.5. The van der Waals surface area contributed by atoms with Crippen LogP contribution in [0.4, 0.5) is 0 Å². The third-order valence-corrected chi connectivity index (χ3v) is 3.91. The van der Waals surface area contributed by atoms with Gasteiger partial charge < -0.3 is 4.98 Å². The van der Waals surface area contributed by atoms with Crippen molar-refractivity contribution in [1.29, 1.82) is 0 Å². The zero-order valence-electron chi connectivity index (χ0n) is 10.00. The van der Waals surface area contributed by atoms with Gasteiger partial charge in [0.1, 0.15) is 5.82 Å². The molecule has 0 aliphatic heterocycles. The van der Waals surface area contributed by atoms with Crippen molar-refractivity contribution in [3.05, 3.63) is 54.1 Å². The van der Waals surface area contributed by atoms with Crippen molar-refractivity contribution in [3.8, 4) is 0 Å². The number of aromatic amines is 1. The molecule has 0 amide bonds. The predicted molar refractivity (Wildman–Crippen MR) is 69.2 cm³/mol. The first-order valence-corrected chi connectivity index (χ1v) is 7.25. The van der Waals surface area contributed by atoms with E-state index in [9.17, 15) is 8.42 Å². The molecule has 0 aliphatic rings. The Morgan fingerprint density at radius 1 is 1.33 bits per heavy atom. The summed E-state index contributed by atoms with van der Waals surface area (Å²) in [6, 6.07) is 8.71. The smallest absolute Gasteiger partial charge is 0.216 e. The van der Waals surface area contributed by atoms with Gasteiger partial charge in [0.2, 0.25) is 10.0 Å². The van der Waals surface area contributed by atoms with E-state index in [-0.39, 0.29) is 11.8 Å². The van der Waals surface area contributed by atoms with Crippen LogP contribution in [-0.2, 0) is 15.8 Å². The van der Waals surface area contributed by atoms with Crippen LogP contribution < -0.4 is 4.72 Å². The molecule has 1 heterocycles. The number of nitrogens with one attached hydrogen (secondary N) is 2. The number of aromatic nitrogens is 2. The Morgan fingerprint density at radius 3 is 2.67 bits per heavy atom. The second kappa shape index (κ2) is 5.32. The molecule has 6 heteroatoms. The Balaban J connectivity index is 2.04. The minimum atomic E-state index is -3.37. The largest absolute Gasteiger partial charge is 0.347 e. The van der Waals surface area contributed by atoms with Crippen LogP contribution >= 0.6 is 0 Å². The molecule has 1 aromatic carbocycles. The maximum Gasteiger partial charge on any atom is 0.216 e. The second-order valence-electron chi connectivity index (χ2n) is 4.06. The van der Waals surface area contributed by atoms with E-state index in [4.69, 9.17) is 0 Å². The summed E-state index contributed by atoms with van der Waals surface area (Å²) in [6.07, 6.45) is 3.26. The van der Waals surface area contributed by atoms with Gasteiger partial charge in [0, 0.05) is 12.4 Å². The van der Waals surface area contributed by atoms with Gasteiger partial charge in [-0.15, -0.1) is 0 Å². The summed E-state index contributed by atoms with van der Waals surface area (Å²) in [5, 5.41) is 0. The van der Waals surface area contributed by atoms with Crippen LogP contribution in [0.1, 0.15) is 24.4 Å². The van der Waals surface area contributed by atoms with Gasteiger partial charge in [-0.2, -0.15) is 0 Å². The lowest BCUT2D eigenvalue weighted by Gasteiger charge is -2.12. The molecule has 5 nitrogen and oxygen atoms in total. The fourth-order valence-corrected chi connectivity index (χ4v) is 3.04. The highest BCUT2D eigenvalue weighted by molar-refractivity contribution is 7.88. The van der Waals surface area contributed by atoms with Gasteiger partial charge in [0.05, 0.1) is 11.8 Å². The molecule has 1 aromatic heterocycles. The number of rotatable bonds is 5. The minimum absolute atomic E-state index is 0.0289. The molecule has 0 spiro atoms. The number of H-pyrrole nitrogens is 1. The van der Waals surface area contributed by atoms with Crippen molar-refractivity contribution in [1.82, 2.24) is 14.7 Å². The SMILES string of the molecule is CC(NS(=O)(=O)Cc1ccccc1)c1ncc[nH]1. The molecule has 0 saturated heterocycles. The van der Waals surface area contributed by atoms with Crippen molar-refractivity contribution in [2.24, 2.45) is 0 Å². The van der Waals surface area contributed by atoms with E-state index in [0.717, 1.165) is 5.56 Å². The number of imidazole rings is 1. The fourth-order valence-electron chi connectivity index (χ4n) is 1.67. The van der Waals surface area contributed by atoms with Crippen LogP contribution in [-0.4, -0.2) is 18.4 Å². The van der Waals surface area contributed by atoms with Gasteiger partial charge in [0.25, 0.3) is 0 Å². The van der Waals surface area contributed by atoms with E-state index in [1.54, 1.807) is 31.5 Å². The molecule has 0 fully saturated rings. The predicted octanol–water partition coefficient (Wildman–Crippen LogP) is 1.59. The fraction of sp³-hybridized carbons (Fsp3) is 0.250. The number of nitrogens with zero attached hydrogens (tertiary/aromatic N) is 1. The molecule has 2 aromatic rings. The summed E-state index contributed by atoms with van der Waals surface area (Å²) in [7, 11) is -3.37. The van der Waals surface area contributed by atoms with Crippen molar-refractivity contribution in [2.75, 3.05) is 0 Å². The first kappa shape index (κ1) is 12.8. The highest BCUT2D eigenvalue weighted by Gasteiger charge is 2.17. The summed E-state index contributed by atoms with van der Waals surface area (Å²) in [5.41, 5.74) is 0.761. The van der Waals surface area contributed by atoms with Gasteiger partial charge in [-0.1, -0.05) is 30.3 Å². The van der Waals surface area contributed by atoms with Crippen molar-refractivity contribution in [2.45, 2.75) is 18.7 Å². The molecule has 18 heavy (non-hydrogen) atoms. The summed E-state index contributed by atoms with van der Waals surface area (Å²) in [6.45, 7) is 1.75. The maximum absolute atomic E-state index is 12.0. The van der Waals surface area contributed by atoms with Crippen LogP contribution in [0.15, 0.2) is 42.7 Å². The first-order valence-electron chi connectivity index (χ1n) is 5.60. The third kappa shape index (κ3) is 3.41. The Hall–Kier alpha value is -1.66. The molecule has 96 valence electrons. The first-order chi connectivity index (χ1) is 8.57. The molecule has 2 N–H and O–H groups in total. The average molecular weight is 265 g/mol. The molecular formula is C12H15N3O2S. The summed E-state index contributed by atoms with van der Waals surface area (Å²) in [4.78, 5) is 6.91. The van der Waals surface area contributed by atoms with E-state index >= 15 is 0 Å². The highest BCUT2D eigenvalue weighted by atomic mass is 32.2. The quantitative estimate of drug-likeness (QED) is 0.862. The normalized spacial score (nSPS) is 13.4. The topological polar surface area (TPSA) is 74.8 Å². The molecule has 1 atom stereocenters. The summed E-state index contributed by atoms with van der Waals surface area (Å²) in [5.74, 6) is 0.574. The molecule has 0 radical (unpaired) electrons. The number of benzene rings is 1. The van der Waals surface area contributed by atoms with Gasteiger partial charge in [0.15, 0.2) is 0 Å². The van der Waals surface area contributed by atoms with E-state index in [1.807, 2.05) is 18.2 Å². The molecular weight excluding hydrogens is 250 g/mol. The lowest BCUT2D eigenvalue weighted by atomic mass is 10.2. The maximum atomic E-state index is 12.0. The Morgan fingerprint density at radius 2 is 2.06 bits per heavy atom. The average Bonchev–Trinajstić information content (AvgIpc) is 2.82. The van der Waals surface area contributed by atoms with Gasteiger partial charge >= 0.3 is 0 Å². The summed E-state index contributed by atoms with van der Waals surface area (Å²) >= 11 is 0. The number of hydrogen-bond donors (Lipinski definition) is 2. The Bertz CT molecular complexity index is 579. The van der Waals surface area contributed by atoms with Gasteiger partial charge in [-0.25, -0.2) is 18.1 Å². The Kier molecular flexibility index (Phi) is 3.78. The van der Waals surface area contributed by atoms with Crippen LogP contribution in [0.3, 0.4) is 0 Å². The monoisotopic (exact) mass is 265 g/mol. The van der Waals surface area contributed by atoms with Crippen LogP contribution in [0.5, 0.6) is 0 Å². The molecule has 0 bridgehead atoms. The van der Waals surface area contributed by atoms with E-state index in [2.05, 4.69) is 14.7 Å². The van der Waals surface area contributed by atoms with E-state index in [1.165, 1.54) is 0 Å². The lowest BCUT2D eigenvalue weighted by molar-refractivity contribution is 0.560. The van der Waals surface area contributed by atoms with Gasteiger partial charge in [-0.05, 0) is 12.5 Å². The zero-order valence-corrected chi connectivity index (χ0v) is 10.8. The highest BCUT2D eigenvalue weighted by Crippen LogP contribution is 2.10. The van der Waals surface area contributed by atoms with E-state index in [0.29, 0.717) is 5.82 Å². The van der Waals surface area contributed by atoms with E-state index < -0.39 is 10.0 Å². The van der Waals surface area contributed by atoms with Crippen molar-refractivity contribution >= 4 is 10.0 Å². The minimum Gasteiger partial charge on any atom is -0.347 e. The number of sulfonamides is 1. The second-order valence-corrected chi connectivity index (χ2v) is 5.81. The van der Waals surface area contributed by atoms with Crippen molar-refractivity contribution in [3.63, 3.8) is 0 Å². The van der Waals surface area contributed by atoms with Crippen molar-refractivity contribution < 1.29 is 8.42 Å². The zero-order chi connectivity index (χ0) is 13.0. The molecule has 1 unspecified atom stereocenters. The molecule has 2 rings (SSSR count). The van der Waals surface area contributed by atoms with Gasteiger partial charge in [-0.3, -0.25) is 0 Å². The Labute approximate surface area is 106 Å². The number of hydrogen-bond acceptors (Lipinski definition) is 3. The molecule has 0 saturated carbocycles.